The molecule has 0 aliphatic heterocycles. The van der Waals surface area contributed by atoms with Crippen LogP contribution in [0.25, 0.3) is 10.7 Å². The van der Waals surface area contributed by atoms with Gasteiger partial charge in [-0.2, -0.15) is 0 Å². The maximum atomic E-state index is 12.3. The van der Waals surface area contributed by atoms with Crippen LogP contribution in [-0.4, -0.2) is 20.9 Å². The van der Waals surface area contributed by atoms with Crippen molar-refractivity contribution in [2.45, 2.75) is 12.8 Å². The van der Waals surface area contributed by atoms with Gasteiger partial charge in [-0.05, 0) is 23.8 Å². The Morgan fingerprint density at radius 1 is 1.11 bits per heavy atom. The van der Waals surface area contributed by atoms with Crippen LogP contribution in [0, 0.1) is 0 Å². The number of halogens is 1. The molecule has 0 bridgehead atoms. The predicted molar refractivity (Wildman–Crippen MR) is 114 cm³/mol. The van der Waals surface area contributed by atoms with Gasteiger partial charge in [0.05, 0.1) is 17.8 Å². The van der Waals surface area contributed by atoms with Gasteiger partial charge in [-0.15, -0.1) is 22.7 Å². The van der Waals surface area contributed by atoms with Crippen LogP contribution in [0.3, 0.4) is 0 Å². The zero-order chi connectivity index (χ0) is 19.3. The molecule has 0 saturated heterocycles. The molecule has 140 valence electrons. The highest BCUT2D eigenvalue weighted by atomic mass is 35.5. The molecule has 4 rings (SSSR count). The summed E-state index contributed by atoms with van der Waals surface area (Å²) in [6.45, 7) is 0. The number of pyridine rings is 1. The fourth-order valence-corrected chi connectivity index (χ4v) is 4.45. The summed E-state index contributed by atoms with van der Waals surface area (Å²) in [5, 5.41) is 6.84. The number of nitrogens with zero attached hydrogens (tertiary/aromatic N) is 3. The highest BCUT2D eigenvalue weighted by molar-refractivity contribution is 7.15. The molecule has 5 nitrogen and oxygen atoms in total. The Bertz CT molecular complexity index is 1090. The van der Waals surface area contributed by atoms with Crippen molar-refractivity contribution in [1.29, 1.82) is 0 Å². The van der Waals surface area contributed by atoms with Crippen LogP contribution in [-0.2, 0) is 17.6 Å². The van der Waals surface area contributed by atoms with E-state index in [1.165, 1.54) is 22.7 Å². The second-order valence-electron chi connectivity index (χ2n) is 5.98. The van der Waals surface area contributed by atoms with Gasteiger partial charge in [0, 0.05) is 34.1 Å². The zero-order valence-corrected chi connectivity index (χ0v) is 17.0. The average molecular weight is 427 g/mol. The third-order valence-electron chi connectivity index (χ3n) is 3.90. The molecule has 0 aliphatic carbocycles. The second-order valence-corrected chi connectivity index (χ2v) is 8.36. The summed E-state index contributed by atoms with van der Waals surface area (Å²) in [6, 6.07) is 13.4. The Balaban J connectivity index is 1.36. The Kier molecular flexibility index (Phi) is 5.76. The first-order valence-electron chi connectivity index (χ1n) is 8.51. The van der Waals surface area contributed by atoms with Crippen molar-refractivity contribution in [2.24, 2.45) is 0 Å². The smallest absolute Gasteiger partial charge is 0.232 e. The minimum atomic E-state index is -0.142. The van der Waals surface area contributed by atoms with E-state index in [1.807, 2.05) is 47.8 Å². The van der Waals surface area contributed by atoms with Crippen LogP contribution >= 0.6 is 34.3 Å². The van der Waals surface area contributed by atoms with Gasteiger partial charge in [-0.3, -0.25) is 9.78 Å². The van der Waals surface area contributed by atoms with Crippen LogP contribution < -0.4 is 5.32 Å². The number of nitrogens with one attached hydrogen (secondary N) is 1. The van der Waals surface area contributed by atoms with Crippen molar-refractivity contribution in [3.8, 4) is 10.7 Å². The molecular formula is C20H15ClN4OS2. The van der Waals surface area contributed by atoms with Crippen LogP contribution in [0.15, 0.2) is 60.2 Å². The molecule has 4 aromatic rings. The SMILES string of the molecule is O=C(Cc1csc(-c2ccccn2)n1)Nc1ncc(Cc2ccccc2Cl)s1. The fraction of sp³-hybridized carbons (Fsp3) is 0.100. The molecule has 0 saturated carbocycles. The van der Waals surface area contributed by atoms with Gasteiger partial charge >= 0.3 is 0 Å². The monoisotopic (exact) mass is 426 g/mol. The Labute approximate surface area is 175 Å². The maximum Gasteiger partial charge on any atom is 0.232 e. The number of thiazole rings is 2. The summed E-state index contributed by atoms with van der Waals surface area (Å²) in [6.07, 6.45) is 4.38. The van der Waals surface area contributed by atoms with Crippen molar-refractivity contribution in [3.05, 3.63) is 81.4 Å². The molecular weight excluding hydrogens is 412 g/mol. The van der Waals surface area contributed by atoms with Crippen LogP contribution in [0.2, 0.25) is 5.02 Å². The van der Waals surface area contributed by atoms with E-state index in [-0.39, 0.29) is 12.3 Å². The quantitative estimate of drug-likeness (QED) is 0.466. The molecule has 0 aliphatic rings. The lowest BCUT2D eigenvalue weighted by Gasteiger charge is -2.01. The lowest BCUT2D eigenvalue weighted by atomic mass is 10.1. The molecule has 0 spiro atoms. The molecule has 1 amide bonds. The topological polar surface area (TPSA) is 67.8 Å². The van der Waals surface area contributed by atoms with Crippen molar-refractivity contribution in [3.63, 3.8) is 0 Å². The molecule has 1 aromatic carbocycles. The molecule has 1 N–H and O–H groups in total. The fourth-order valence-electron chi connectivity index (χ4n) is 2.60. The number of rotatable bonds is 6. The van der Waals surface area contributed by atoms with Crippen molar-refractivity contribution in [1.82, 2.24) is 15.0 Å². The van der Waals surface area contributed by atoms with E-state index in [4.69, 9.17) is 11.6 Å². The van der Waals surface area contributed by atoms with Gasteiger partial charge in [0.15, 0.2) is 5.13 Å². The summed E-state index contributed by atoms with van der Waals surface area (Å²) in [5.74, 6) is -0.142. The minimum Gasteiger partial charge on any atom is -0.302 e. The minimum absolute atomic E-state index is 0.142. The van der Waals surface area contributed by atoms with Gasteiger partial charge < -0.3 is 5.32 Å². The Morgan fingerprint density at radius 2 is 1.96 bits per heavy atom. The number of aromatic nitrogens is 3. The summed E-state index contributed by atoms with van der Waals surface area (Å²) in [5.41, 5.74) is 2.56. The number of amides is 1. The molecule has 28 heavy (non-hydrogen) atoms. The number of hydrogen-bond acceptors (Lipinski definition) is 6. The first-order valence-corrected chi connectivity index (χ1v) is 10.6. The molecule has 3 aromatic heterocycles. The van der Waals surface area contributed by atoms with Crippen LogP contribution in [0.5, 0.6) is 0 Å². The number of benzene rings is 1. The van der Waals surface area contributed by atoms with Gasteiger partial charge in [-0.25, -0.2) is 9.97 Å². The highest BCUT2D eigenvalue weighted by Crippen LogP contribution is 2.25. The van der Waals surface area contributed by atoms with Crippen molar-refractivity contribution in [2.75, 3.05) is 5.32 Å². The van der Waals surface area contributed by atoms with Gasteiger partial charge in [-0.1, -0.05) is 35.9 Å². The average Bonchev–Trinajstić information content (AvgIpc) is 3.34. The highest BCUT2D eigenvalue weighted by Gasteiger charge is 2.12. The van der Waals surface area contributed by atoms with E-state index in [9.17, 15) is 4.79 Å². The standard InChI is InChI=1S/C20H15ClN4OS2/c21-16-6-2-1-5-13(16)9-15-11-23-20(28-15)25-18(26)10-14-12-27-19(24-14)17-7-3-4-8-22-17/h1-8,11-12H,9-10H2,(H,23,25,26). The third-order valence-corrected chi connectivity index (χ3v) is 6.09. The number of carbonyl (C=O) groups is 1. The third kappa shape index (κ3) is 4.62. The van der Waals surface area contributed by atoms with E-state index in [1.54, 1.807) is 12.4 Å². The van der Waals surface area contributed by atoms with Gasteiger partial charge in [0.25, 0.3) is 0 Å². The molecule has 3 heterocycles. The van der Waals surface area contributed by atoms with E-state index < -0.39 is 0 Å². The first-order chi connectivity index (χ1) is 13.7. The van der Waals surface area contributed by atoms with E-state index in [0.29, 0.717) is 11.6 Å². The molecule has 8 heteroatoms. The van der Waals surface area contributed by atoms with E-state index in [0.717, 1.165) is 31.9 Å². The number of hydrogen-bond donors (Lipinski definition) is 1. The summed E-state index contributed by atoms with van der Waals surface area (Å²) >= 11 is 9.13. The van der Waals surface area contributed by atoms with Crippen molar-refractivity contribution < 1.29 is 4.79 Å². The van der Waals surface area contributed by atoms with E-state index >= 15 is 0 Å². The normalized spacial score (nSPS) is 10.8. The number of anilines is 1. The summed E-state index contributed by atoms with van der Waals surface area (Å²) in [7, 11) is 0. The van der Waals surface area contributed by atoms with Crippen LogP contribution in [0.4, 0.5) is 5.13 Å². The number of carbonyl (C=O) groups excluding carboxylic acids is 1. The zero-order valence-electron chi connectivity index (χ0n) is 14.6. The lowest BCUT2D eigenvalue weighted by Crippen LogP contribution is -2.14. The lowest BCUT2D eigenvalue weighted by molar-refractivity contribution is -0.115. The van der Waals surface area contributed by atoms with Crippen LogP contribution in [0.1, 0.15) is 16.1 Å². The first kappa shape index (κ1) is 18.7. The largest absolute Gasteiger partial charge is 0.302 e. The molecule has 0 atom stereocenters. The van der Waals surface area contributed by atoms with Crippen molar-refractivity contribution >= 4 is 45.3 Å². The Hall–Kier alpha value is -2.61. The Morgan fingerprint density at radius 3 is 2.79 bits per heavy atom. The molecule has 0 unspecified atom stereocenters. The summed E-state index contributed by atoms with van der Waals surface area (Å²) < 4.78 is 0. The summed E-state index contributed by atoms with van der Waals surface area (Å²) in [4.78, 5) is 26.4. The second kappa shape index (κ2) is 8.60. The maximum absolute atomic E-state index is 12.3. The van der Waals surface area contributed by atoms with E-state index in [2.05, 4.69) is 20.3 Å². The van der Waals surface area contributed by atoms with Gasteiger partial charge in [0.1, 0.15) is 5.01 Å². The molecule has 0 fully saturated rings. The molecule has 0 radical (unpaired) electrons. The van der Waals surface area contributed by atoms with Gasteiger partial charge in [0.2, 0.25) is 5.91 Å². The predicted octanol–water partition coefficient (Wildman–Crippen LogP) is 5.09.